The Morgan fingerprint density at radius 2 is 1.85 bits per heavy atom. The molecule has 0 atom stereocenters. The van der Waals surface area contributed by atoms with Crippen LogP contribution in [0.1, 0.15) is 34.8 Å². The third kappa shape index (κ3) is 4.37. The molecule has 6 heteroatoms. The first-order valence-corrected chi connectivity index (χ1v) is 9.20. The molecule has 132 valence electrons. The number of benzene rings is 2. The van der Waals surface area contributed by atoms with Crippen LogP contribution in [0.2, 0.25) is 0 Å². The molecular formula is C20H16INO4. The van der Waals surface area contributed by atoms with Gasteiger partial charge in [0.15, 0.2) is 5.70 Å². The monoisotopic (exact) mass is 461 g/mol. The number of aliphatic imine (C=N–C) groups is 1. The Balaban J connectivity index is 1.77. The summed E-state index contributed by atoms with van der Waals surface area (Å²) in [5, 5.41) is 0. The van der Waals surface area contributed by atoms with Gasteiger partial charge in [0.25, 0.3) is 0 Å². The highest BCUT2D eigenvalue weighted by Gasteiger charge is 2.24. The van der Waals surface area contributed by atoms with Crippen molar-refractivity contribution in [3.8, 4) is 0 Å². The maximum absolute atomic E-state index is 12.0. The molecule has 0 N–H and O–H groups in total. The molecule has 0 aliphatic carbocycles. The molecule has 0 spiro atoms. The number of carbonyl (C=O) groups excluding carboxylic acids is 2. The van der Waals surface area contributed by atoms with Crippen LogP contribution < -0.4 is 0 Å². The number of rotatable bonds is 5. The summed E-state index contributed by atoms with van der Waals surface area (Å²) in [7, 11) is 0. The average Bonchev–Trinajstić information content (AvgIpc) is 3.01. The molecule has 0 aromatic heterocycles. The fraction of sp³-hybridized carbons (Fsp3) is 0.150. The SMILES string of the molecule is CCCOC(=O)c1ccc(/C=C2\N=C(c3ccc(I)cc3)OC2=O)cc1. The highest BCUT2D eigenvalue weighted by Crippen LogP contribution is 2.20. The van der Waals surface area contributed by atoms with Crippen LogP contribution in [0.15, 0.2) is 59.2 Å². The van der Waals surface area contributed by atoms with Crippen LogP contribution in [-0.4, -0.2) is 24.4 Å². The van der Waals surface area contributed by atoms with Crippen LogP contribution in [-0.2, 0) is 14.3 Å². The fourth-order valence-corrected chi connectivity index (χ4v) is 2.64. The average molecular weight is 461 g/mol. The summed E-state index contributed by atoms with van der Waals surface area (Å²) in [5.74, 6) is -0.562. The zero-order valence-corrected chi connectivity index (χ0v) is 16.2. The molecule has 1 aliphatic rings. The van der Waals surface area contributed by atoms with Gasteiger partial charge in [0.1, 0.15) is 0 Å². The van der Waals surface area contributed by atoms with Crippen LogP contribution in [0.4, 0.5) is 0 Å². The van der Waals surface area contributed by atoms with Crippen LogP contribution in [0, 0.1) is 3.57 Å². The zero-order valence-electron chi connectivity index (χ0n) is 14.1. The molecule has 1 aliphatic heterocycles. The molecule has 2 aromatic carbocycles. The van der Waals surface area contributed by atoms with Gasteiger partial charge in [-0.05, 0) is 77.0 Å². The van der Waals surface area contributed by atoms with Crippen LogP contribution in [0.5, 0.6) is 0 Å². The minimum absolute atomic E-state index is 0.222. The molecule has 0 radical (unpaired) electrons. The number of hydrogen-bond acceptors (Lipinski definition) is 5. The smallest absolute Gasteiger partial charge is 0.363 e. The van der Waals surface area contributed by atoms with Gasteiger partial charge in [0.2, 0.25) is 5.90 Å². The summed E-state index contributed by atoms with van der Waals surface area (Å²) in [6, 6.07) is 14.3. The van der Waals surface area contributed by atoms with E-state index < -0.39 is 5.97 Å². The summed E-state index contributed by atoms with van der Waals surface area (Å²) >= 11 is 2.21. The molecule has 0 saturated heterocycles. The van der Waals surface area contributed by atoms with Crippen molar-refractivity contribution in [2.24, 2.45) is 4.99 Å². The first-order chi connectivity index (χ1) is 12.6. The molecular weight excluding hydrogens is 445 g/mol. The van der Waals surface area contributed by atoms with Gasteiger partial charge in [-0.3, -0.25) is 0 Å². The van der Waals surface area contributed by atoms with Crippen molar-refractivity contribution in [2.75, 3.05) is 6.61 Å². The number of cyclic esters (lactones) is 1. The summed E-state index contributed by atoms with van der Waals surface area (Å²) in [5.41, 5.74) is 2.19. The van der Waals surface area contributed by atoms with Gasteiger partial charge < -0.3 is 9.47 Å². The van der Waals surface area contributed by atoms with Gasteiger partial charge >= 0.3 is 11.9 Å². The lowest BCUT2D eigenvalue weighted by molar-refractivity contribution is -0.129. The molecule has 0 saturated carbocycles. The lowest BCUT2D eigenvalue weighted by Gasteiger charge is -2.03. The standard InChI is InChI=1S/C20H16INO4/c1-2-11-25-19(23)15-5-3-13(4-6-15)12-17-20(24)26-18(22-17)14-7-9-16(21)10-8-14/h3-10,12H,2,11H2,1H3/b17-12-. The van der Waals surface area contributed by atoms with Crippen molar-refractivity contribution >= 4 is 46.5 Å². The molecule has 0 bridgehead atoms. The first kappa shape index (κ1) is 18.3. The van der Waals surface area contributed by atoms with Crippen molar-refractivity contribution in [3.05, 3.63) is 74.5 Å². The third-order valence-corrected chi connectivity index (χ3v) is 4.32. The van der Waals surface area contributed by atoms with E-state index in [-0.39, 0.29) is 17.6 Å². The Bertz CT molecular complexity index is 883. The molecule has 5 nitrogen and oxygen atoms in total. The molecule has 1 heterocycles. The number of halogens is 1. The van der Waals surface area contributed by atoms with E-state index in [2.05, 4.69) is 27.6 Å². The summed E-state index contributed by atoms with van der Waals surface area (Å²) in [6.45, 7) is 2.33. The highest BCUT2D eigenvalue weighted by atomic mass is 127. The molecule has 26 heavy (non-hydrogen) atoms. The second-order valence-electron chi connectivity index (χ2n) is 5.60. The number of hydrogen-bond donors (Lipinski definition) is 0. The van der Waals surface area contributed by atoms with E-state index >= 15 is 0 Å². The Labute approximate surface area is 164 Å². The minimum atomic E-state index is -0.495. The molecule has 3 rings (SSSR count). The maximum Gasteiger partial charge on any atom is 0.363 e. The van der Waals surface area contributed by atoms with Gasteiger partial charge in [0, 0.05) is 9.13 Å². The number of carbonyl (C=O) groups is 2. The Morgan fingerprint density at radius 1 is 1.15 bits per heavy atom. The van der Waals surface area contributed by atoms with E-state index in [1.165, 1.54) is 0 Å². The second kappa shape index (κ2) is 8.27. The zero-order chi connectivity index (χ0) is 18.5. The first-order valence-electron chi connectivity index (χ1n) is 8.12. The van der Waals surface area contributed by atoms with Crippen LogP contribution in [0.25, 0.3) is 6.08 Å². The minimum Gasteiger partial charge on any atom is -0.462 e. The van der Waals surface area contributed by atoms with E-state index in [9.17, 15) is 9.59 Å². The Kier molecular flexibility index (Phi) is 5.82. The molecule has 2 aromatic rings. The number of ether oxygens (including phenoxy) is 2. The van der Waals surface area contributed by atoms with E-state index in [4.69, 9.17) is 9.47 Å². The van der Waals surface area contributed by atoms with Crippen LogP contribution >= 0.6 is 22.6 Å². The van der Waals surface area contributed by atoms with Crippen molar-refractivity contribution in [2.45, 2.75) is 13.3 Å². The van der Waals surface area contributed by atoms with E-state index in [0.29, 0.717) is 12.2 Å². The lowest BCUT2D eigenvalue weighted by atomic mass is 10.1. The maximum atomic E-state index is 12.0. The van der Waals surface area contributed by atoms with Gasteiger partial charge in [-0.1, -0.05) is 19.1 Å². The highest BCUT2D eigenvalue weighted by molar-refractivity contribution is 14.1. The van der Waals surface area contributed by atoms with Crippen molar-refractivity contribution in [3.63, 3.8) is 0 Å². The summed E-state index contributed by atoms with van der Waals surface area (Å²) in [4.78, 5) is 28.1. The van der Waals surface area contributed by atoms with E-state index in [1.54, 1.807) is 30.3 Å². The Morgan fingerprint density at radius 3 is 2.50 bits per heavy atom. The second-order valence-corrected chi connectivity index (χ2v) is 6.85. The van der Waals surface area contributed by atoms with Gasteiger partial charge in [-0.25, -0.2) is 14.6 Å². The molecule has 0 amide bonds. The van der Waals surface area contributed by atoms with Crippen LogP contribution in [0.3, 0.4) is 0 Å². The molecule has 0 fully saturated rings. The lowest BCUT2D eigenvalue weighted by Crippen LogP contribution is -2.05. The fourth-order valence-electron chi connectivity index (χ4n) is 2.28. The number of nitrogens with zero attached hydrogens (tertiary/aromatic N) is 1. The number of esters is 2. The normalized spacial score (nSPS) is 14.9. The van der Waals surface area contributed by atoms with Gasteiger partial charge in [0.05, 0.1) is 12.2 Å². The Hall–Kier alpha value is -2.48. The predicted octanol–water partition coefficient (Wildman–Crippen LogP) is 4.20. The van der Waals surface area contributed by atoms with Gasteiger partial charge in [-0.2, -0.15) is 0 Å². The summed E-state index contributed by atoms with van der Waals surface area (Å²) in [6.07, 6.45) is 2.40. The largest absolute Gasteiger partial charge is 0.462 e. The van der Waals surface area contributed by atoms with Crippen molar-refractivity contribution in [1.29, 1.82) is 0 Å². The van der Waals surface area contributed by atoms with E-state index in [1.807, 2.05) is 31.2 Å². The van der Waals surface area contributed by atoms with Gasteiger partial charge in [-0.15, -0.1) is 0 Å². The van der Waals surface area contributed by atoms with Crippen molar-refractivity contribution in [1.82, 2.24) is 0 Å². The predicted molar refractivity (Wildman–Crippen MR) is 107 cm³/mol. The van der Waals surface area contributed by atoms with E-state index in [0.717, 1.165) is 21.1 Å². The summed E-state index contributed by atoms with van der Waals surface area (Å²) < 4.78 is 11.4. The topological polar surface area (TPSA) is 65.0 Å². The van der Waals surface area contributed by atoms with Crippen molar-refractivity contribution < 1.29 is 19.1 Å². The molecule has 0 unspecified atom stereocenters. The quantitative estimate of drug-likeness (QED) is 0.381. The third-order valence-electron chi connectivity index (χ3n) is 3.60.